The number of alkyl halides is 3. The molecule has 0 radical (unpaired) electrons. The van der Waals surface area contributed by atoms with Crippen LogP contribution in [0.15, 0.2) is 54.7 Å². The predicted molar refractivity (Wildman–Crippen MR) is 87.8 cm³/mol. The number of methoxy groups -OCH3 is 1. The van der Waals surface area contributed by atoms with E-state index in [-0.39, 0.29) is 0 Å². The molecule has 0 aliphatic rings. The monoisotopic (exact) mass is 346 g/mol. The predicted octanol–water partition coefficient (Wildman–Crippen LogP) is 4.78. The number of hydrogen-bond acceptors (Lipinski definition) is 4. The second kappa shape index (κ2) is 6.43. The lowest BCUT2D eigenvalue weighted by molar-refractivity contribution is -0.137. The SMILES string of the molecule is COC(=O)c1cnc(Nc2ccc(C(F)(F)F)cc2)c2ccccc12. The standard InChI is InChI=1S/C18H13F3N2O2/c1-25-17(24)15-10-22-16(14-5-3-2-4-13(14)15)23-12-8-6-11(7-9-12)18(19,20)21/h2-10H,1H3,(H,22,23). The Balaban J connectivity index is 1.98. The molecular formula is C18H13F3N2O2. The van der Waals surface area contributed by atoms with Crippen LogP contribution < -0.4 is 5.32 Å². The van der Waals surface area contributed by atoms with Crippen LogP contribution >= 0.6 is 0 Å². The first-order valence-corrected chi connectivity index (χ1v) is 7.30. The Kier molecular flexibility index (Phi) is 4.31. The number of carbonyl (C=O) groups is 1. The fraction of sp³-hybridized carbons (Fsp3) is 0.111. The molecule has 0 amide bonds. The average molecular weight is 346 g/mol. The maximum absolute atomic E-state index is 12.6. The van der Waals surface area contributed by atoms with Gasteiger partial charge in [-0.05, 0) is 24.3 Å². The van der Waals surface area contributed by atoms with Crippen LogP contribution in [0.5, 0.6) is 0 Å². The largest absolute Gasteiger partial charge is 0.465 e. The molecule has 0 spiro atoms. The van der Waals surface area contributed by atoms with Gasteiger partial charge in [0.15, 0.2) is 0 Å². The summed E-state index contributed by atoms with van der Waals surface area (Å²) in [4.78, 5) is 16.0. The molecule has 0 aliphatic heterocycles. The summed E-state index contributed by atoms with van der Waals surface area (Å²) in [7, 11) is 1.28. The van der Waals surface area contributed by atoms with Crippen molar-refractivity contribution in [2.24, 2.45) is 0 Å². The number of nitrogens with zero attached hydrogens (tertiary/aromatic N) is 1. The van der Waals surface area contributed by atoms with Crippen molar-refractivity contribution in [3.8, 4) is 0 Å². The Morgan fingerprint density at radius 2 is 1.68 bits per heavy atom. The number of pyridine rings is 1. The molecule has 3 aromatic rings. The zero-order chi connectivity index (χ0) is 18.0. The molecule has 1 heterocycles. The van der Waals surface area contributed by atoms with Gasteiger partial charge in [0.1, 0.15) is 5.82 Å². The highest BCUT2D eigenvalue weighted by Gasteiger charge is 2.29. The number of ether oxygens (including phenoxy) is 1. The third-order valence-corrected chi connectivity index (χ3v) is 3.68. The Bertz CT molecular complexity index is 922. The van der Waals surface area contributed by atoms with Gasteiger partial charge in [0.2, 0.25) is 0 Å². The molecule has 1 aromatic heterocycles. The quantitative estimate of drug-likeness (QED) is 0.693. The van der Waals surface area contributed by atoms with Crippen molar-refractivity contribution in [3.63, 3.8) is 0 Å². The lowest BCUT2D eigenvalue weighted by Crippen LogP contribution is -2.06. The molecular weight excluding hydrogens is 333 g/mol. The summed E-state index contributed by atoms with van der Waals surface area (Å²) in [5, 5.41) is 4.27. The lowest BCUT2D eigenvalue weighted by atomic mass is 10.1. The number of fused-ring (bicyclic) bond motifs is 1. The third kappa shape index (κ3) is 3.40. The van der Waals surface area contributed by atoms with Gasteiger partial charge in [0.05, 0.1) is 18.2 Å². The van der Waals surface area contributed by atoms with E-state index in [2.05, 4.69) is 10.3 Å². The summed E-state index contributed by atoms with van der Waals surface area (Å²) in [5.74, 6) is -0.0761. The first-order chi connectivity index (χ1) is 11.9. The van der Waals surface area contributed by atoms with E-state index >= 15 is 0 Å². The lowest BCUT2D eigenvalue weighted by Gasteiger charge is -2.12. The van der Waals surface area contributed by atoms with Crippen LogP contribution in [0.2, 0.25) is 0 Å². The van der Waals surface area contributed by atoms with E-state index in [1.54, 1.807) is 24.3 Å². The van der Waals surface area contributed by atoms with E-state index in [9.17, 15) is 18.0 Å². The third-order valence-electron chi connectivity index (χ3n) is 3.68. The number of rotatable bonds is 3. The van der Waals surface area contributed by atoms with E-state index in [4.69, 9.17) is 4.74 Å². The minimum absolute atomic E-state index is 0.316. The zero-order valence-corrected chi connectivity index (χ0v) is 13.1. The van der Waals surface area contributed by atoms with E-state index in [1.807, 2.05) is 0 Å². The topological polar surface area (TPSA) is 51.2 Å². The van der Waals surface area contributed by atoms with Gasteiger partial charge in [-0.25, -0.2) is 9.78 Å². The van der Waals surface area contributed by atoms with Crippen LogP contribution in [0.4, 0.5) is 24.7 Å². The normalized spacial score (nSPS) is 11.4. The molecule has 0 bridgehead atoms. The summed E-state index contributed by atoms with van der Waals surface area (Å²) >= 11 is 0. The minimum atomic E-state index is -4.38. The summed E-state index contributed by atoms with van der Waals surface area (Å²) in [5.41, 5.74) is 0.0458. The minimum Gasteiger partial charge on any atom is -0.465 e. The van der Waals surface area contributed by atoms with Crippen LogP contribution in [0.1, 0.15) is 15.9 Å². The Labute approximate surface area is 141 Å². The number of hydrogen-bond donors (Lipinski definition) is 1. The van der Waals surface area contributed by atoms with Gasteiger partial charge < -0.3 is 10.1 Å². The highest BCUT2D eigenvalue weighted by molar-refractivity contribution is 6.07. The number of benzene rings is 2. The van der Waals surface area contributed by atoms with Gasteiger partial charge in [-0.3, -0.25) is 0 Å². The molecule has 2 aromatic carbocycles. The van der Waals surface area contributed by atoms with E-state index < -0.39 is 17.7 Å². The second-order valence-corrected chi connectivity index (χ2v) is 5.26. The maximum Gasteiger partial charge on any atom is 0.416 e. The van der Waals surface area contributed by atoms with Crippen molar-refractivity contribution in [2.75, 3.05) is 12.4 Å². The molecule has 0 aliphatic carbocycles. The summed E-state index contributed by atoms with van der Waals surface area (Å²) < 4.78 is 42.6. The number of halogens is 3. The molecule has 25 heavy (non-hydrogen) atoms. The Morgan fingerprint density at radius 3 is 2.28 bits per heavy atom. The number of anilines is 2. The number of esters is 1. The zero-order valence-electron chi connectivity index (χ0n) is 13.1. The fourth-order valence-electron chi connectivity index (χ4n) is 2.44. The van der Waals surface area contributed by atoms with Crippen molar-refractivity contribution >= 4 is 28.2 Å². The molecule has 7 heteroatoms. The van der Waals surface area contributed by atoms with E-state index in [0.29, 0.717) is 27.8 Å². The molecule has 3 rings (SSSR count). The summed E-state index contributed by atoms with van der Waals surface area (Å²) in [6.45, 7) is 0. The fourth-order valence-corrected chi connectivity index (χ4v) is 2.44. The van der Waals surface area contributed by atoms with Crippen molar-refractivity contribution in [2.45, 2.75) is 6.18 Å². The molecule has 1 N–H and O–H groups in total. The first-order valence-electron chi connectivity index (χ1n) is 7.30. The Hall–Kier alpha value is -3.09. The van der Waals surface area contributed by atoms with Crippen LogP contribution in [0.3, 0.4) is 0 Å². The summed E-state index contributed by atoms with van der Waals surface area (Å²) in [6, 6.07) is 11.7. The first kappa shape index (κ1) is 16.8. The molecule has 4 nitrogen and oxygen atoms in total. The molecule has 0 atom stereocenters. The molecule has 0 unspecified atom stereocenters. The van der Waals surface area contributed by atoms with Crippen LogP contribution in [-0.2, 0) is 10.9 Å². The van der Waals surface area contributed by atoms with Gasteiger partial charge in [-0.15, -0.1) is 0 Å². The highest BCUT2D eigenvalue weighted by atomic mass is 19.4. The molecule has 0 saturated heterocycles. The average Bonchev–Trinajstić information content (AvgIpc) is 2.61. The highest BCUT2D eigenvalue weighted by Crippen LogP contribution is 2.31. The summed E-state index contributed by atoms with van der Waals surface area (Å²) in [6.07, 6.45) is -3.01. The van der Waals surface area contributed by atoms with Gasteiger partial charge in [-0.2, -0.15) is 13.2 Å². The Morgan fingerprint density at radius 1 is 1.04 bits per heavy atom. The number of nitrogens with one attached hydrogen (secondary N) is 1. The second-order valence-electron chi connectivity index (χ2n) is 5.26. The van der Waals surface area contributed by atoms with Crippen molar-refractivity contribution in [3.05, 3.63) is 65.9 Å². The van der Waals surface area contributed by atoms with Crippen LogP contribution in [0, 0.1) is 0 Å². The maximum atomic E-state index is 12.6. The molecule has 0 saturated carbocycles. The van der Waals surface area contributed by atoms with Crippen LogP contribution in [0.25, 0.3) is 10.8 Å². The van der Waals surface area contributed by atoms with Crippen molar-refractivity contribution in [1.82, 2.24) is 4.98 Å². The number of carbonyl (C=O) groups excluding carboxylic acids is 1. The van der Waals surface area contributed by atoms with Gasteiger partial charge in [-0.1, -0.05) is 24.3 Å². The van der Waals surface area contributed by atoms with Crippen molar-refractivity contribution < 1.29 is 22.7 Å². The number of aromatic nitrogens is 1. The van der Waals surface area contributed by atoms with E-state index in [1.165, 1.54) is 25.4 Å². The smallest absolute Gasteiger partial charge is 0.416 e. The van der Waals surface area contributed by atoms with Crippen LogP contribution in [-0.4, -0.2) is 18.1 Å². The van der Waals surface area contributed by atoms with Gasteiger partial charge >= 0.3 is 12.1 Å². The molecule has 128 valence electrons. The van der Waals surface area contributed by atoms with Crippen molar-refractivity contribution in [1.29, 1.82) is 0 Å². The van der Waals surface area contributed by atoms with Gasteiger partial charge in [0, 0.05) is 22.7 Å². The van der Waals surface area contributed by atoms with Gasteiger partial charge in [0.25, 0.3) is 0 Å². The molecule has 0 fully saturated rings. The van der Waals surface area contributed by atoms with E-state index in [0.717, 1.165) is 12.1 Å².